The molecular weight excluding hydrogens is 278 g/mol. The first-order chi connectivity index (χ1) is 9.70. The Morgan fingerprint density at radius 1 is 1.30 bits per heavy atom. The summed E-state index contributed by atoms with van der Waals surface area (Å²) in [5, 5.41) is 0.522. The number of carbonyl (C=O) groups excluding carboxylic acids is 1. The molecule has 20 heavy (non-hydrogen) atoms. The van der Waals surface area contributed by atoms with Crippen LogP contribution in [0.1, 0.15) is 29.8 Å². The third-order valence-corrected chi connectivity index (χ3v) is 3.34. The summed E-state index contributed by atoms with van der Waals surface area (Å²) in [5.41, 5.74) is 5.42. The molecule has 8 heteroatoms. The Hall–Kier alpha value is -1.96. The van der Waals surface area contributed by atoms with Gasteiger partial charge in [0.2, 0.25) is 5.88 Å². The van der Waals surface area contributed by atoms with Gasteiger partial charge in [-0.2, -0.15) is 0 Å². The second-order valence-electron chi connectivity index (χ2n) is 4.38. The van der Waals surface area contributed by atoms with Gasteiger partial charge in [-0.25, -0.2) is 4.98 Å². The van der Waals surface area contributed by atoms with E-state index in [0.29, 0.717) is 5.11 Å². The smallest absolute Gasteiger partial charge is 0.290 e. The molecule has 1 amide bonds. The molecule has 0 aromatic carbocycles. The Morgan fingerprint density at radius 2 is 2.05 bits per heavy atom. The monoisotopic (exact) mass is 295 g/mol. The molecule has 0 radical (unpaired) electrons. The number of nitrogens with one attached hydrogen (secondary N) is 2. The summed E-state index contributed by atoms with van der Waals surface area (Å²) in [4.78, 5) is 21.8. The van der Waals surface area contributed by atoms with Crippen molar-refractivity contribution in [3.8, 4) is 5.88 Å². The van der Waals surface area contributed by atoms with Gasteiger partial charge in [0.25, 0.3) is 5.91 Å². The van der Waals surface area contributed by atoms with Crippen LogP contribution in [0.4, 0.5) is 0 Å². The lowest BCUT2D eigenvalue weighted by atomic mass is 10.1. The van der Waals surface area contributed by atoms with E-state index < -0.39 is 5.91 Å². The highest BCUT2D eigenvalue weighted by Crippen LogP contribution is 2.08. The largest absolute Gasteiger partial charge is 0.480 e. The van der Waals surface area contributed by atoms with E-state index in [9.17, 15) is 4.79 Å². The number of hydrogen-bond donors (Lipinski definition) is 2. The second kappa shape index (κ2) is 6.99. The molecule has 1 aromatic rings. The molecule has 0 bridgehead atoms. The first-order valence-corrected chi connectivity index (χ1v) is 6.83. The van der Waals surface area contributed by atoms with Crippen molar-refractivity contribution in [2.45, 2.75) is 19.3 Å². The Balaban J connectivity index is 1.86. The molecule has 1 aliphatic rings. The van der Waals surface area contributed by atoms with Crippen LogP contribution in [0.25, 0.3) is 0 Å². The Labute approximate surface area is 122 Å². The fraction of sp³-hybridized carbons (Fsp3) is 0.500. The number of rotatable bonds is 2. The number of carbonyl (C=O) groups is 1. The van der Waals surface area contributed by atoms with Crippen molar-refractivity contribution in [1.29, 1.82) is 0 Å². The maximum absolute atomic E-state index is 11.9. The zero-order valence-corrected chi connectivity index (χ0v) is 12.1. The molecule has 2 heterocycles. The van der Waals surface area contributed by atoms with Gasteiger partial charge in [0, 0.05) is 13.1 Å². The van der Waals surface area contributed by atoms with E-state index in [2.05, 4.69) is 20.8 Å². The third-order valence-electron chi connectivity index (χ3n) is 2.98. The number of hydrogen-bond acceptors (Lipinski definition) is 5. The van der Waals surface area contributed by atoms with Gasteiger partial charge >= 0.3 is 0 Å². The molecule has 0 aliphatic carbocycles. The summed E-state index contributed by atoms with van der Waals surface area (Å²) in [5.74, 6) is -0.119. The average molecular weight is 295 g/mol. The summed E-state index contributed by atoms with van der Waals surface area (Å²) in [6.07, 6.45) is 6.27. The highest BCUT2D eigenvalue weighted by atomic mass is 32.1. The lowest BCUT2D eigenvalue weighted by Gasteiger charge is -2.29. The third kappa shape index (κ3) is 3.77. The normalized spacial score (nSPS) is 14.6. The molecular formula is C12H17N5O2S. The lowest BCUT2D eigenvalue weighted by molar-refractivity contribution is 0.0935. The van der Waals surface area contributed by atoms with Crippen molar-refractivity contribution in [2.75, 3.05) is 20.2 Å². The van der Waals surface area contributed by atoms with Gasteiger partial charge in [-0.05, 0) is 31.5 Å². The minimum atomic E-state index is -0.407. The summed E-state index contributed by atoms with van der Waals surface area (Å²) in [7, 11) is 1.47. The Kier molecular flexibility index (Phi) is 5.05. The number of hydrazine groups is 1. The Bertz CT molecular complexity index is 490. The highest BCUT2D eigenvalue weighted by molar-refractivity contribution is 7.80. The summed E-state index contributed by atoms with van der Waals surface area (Å²) < 4.78 is 4.92. The van der Waals surface area contributed by atoms with Crippen molar-refractivity contribution >= 4 is 23.2 Å². The standard InChI is InChI=1S/C12H17N5O2S/c1-19-10-8-13-7-9(14-10)11(18)15-16-12(20)17-5-3-2-4-6-17/h7-8H,2-6H2,1H3,(H,15,18)(H,16,20). The van der Waals surface area contributed by atoms with Crippen LogP contribution in [-0.4, -0.2) is 46.1 Å². The van der Waals surface area contributed by atoms with Gasteiger partial charge in [0.1, 0.15) is 0 Å². The van der Waals surface area contributed by atoms with E-state index in [0.717, 1.165) is 25.9 Å². The van der Waals surface area contributed by atoms with Gasteiger partial charge < -0.3 is 9.64 Å². The maximum atomic E-state index is 11.9. The Morgan fingerprint density at radius 3 is 2.75 bits per heavy atom. The maximum Gasteiger partial charge on any atom is 0.290 e. The number of ether oxygens (including phenoxy) is 1. The first-order valence-electron chi connectivity index (χ1n) is 6.42. The number of amides is 1. The van der Waals surface area contributed by atoms with Crippen LogP contribution in [0.3, 0.4) is 0 Å². The molecule has 1 aromatic heterocycles. The van der Waals surface area contributed by atoms with Gasteiger partial charge in [0.15, 0.2) is 10.8 Å². The van der Waals surface area contributed by atoms with Gasteiger partial charge in [0.05, 0.1) is 19.5 Å². The van der Waals surface area contributed by atoms with Crippen molar-refractivity contribution in [3.63, 3.8) is 0 Å². The number of methoxy groups -OCH3 is 1. The minimum Gasteiger partial charge on any atom is -0.480 e. The highest BCUT2D eigenvalue weighted by Gasteiger charge is 2.14. The average Bonchev–Trinajstić information content (AvgIpc) is 2.53. The topological polar surface area (TPSA) is 79.4 Å². The fourth-order valence-electron chi connectivity index (χ4n) is 1.91. The zero-order valence-electron chi connectivity index (χ0n) is 11.3. The van der Waals surface area contributed by atoms with Crippen molar-refractivity contribution < 1.29 is 9.53 Å². The van der Waals surface area contributed by atoms with Crippen molar-refractivity contribution in [1.82, 2.24) is 25.7 Å². The van der Waals surface area contributed by atoms with Gasteiger partial charge in [-0.15, -0.1) is 0 Å². The number of thiocarbonyl (C=S) groups is 1. The fourth-order valence-corrected chi connectivity index (χ4v) is 2.14. The van der Waals surface area contributed by atoms with Crippen molar-refractivity contribution in [3.05, 3.63) is 18.1 Å². The summed E-state index contributed by atoms with van der Waals surface area (Å²) in [6, 6.07) is 0. The van der Waals surface area contributed by atoms with Crippen LogP contribution < -0.4 is 15.6 Å². The molecule has 1 saturated heterocycles. The van der Waals surface area contributed by atoms with E-state index in [1.54, 1.807) is 0 Å². The van der Waals surface area contributed by atoms with Gasteiger partial charge in [-0.1, -0.05) is 0 Å². The second-order valence-corrected chi connectivity index (χ2v) is 4.77. The van der Waals surface area contributed by atoms with Crippen LogP contribution in [0.2, 0.25) is 0 Å². The molecule has 108 valence electrons. The molecule has 2 rings (SSSR count). The van der Waals surface area contributed by atoms with E-state index in [1.807, 2.05) is 4.90 Å². The summed E-state index contributed by atoms with van der Waals surface area (Å²) in [6.45, 7) is 1.83. The van der Waals surface area contributed by atoms with Crippen LogP contribution in [0.5, 0.6) is 5.88 Å². The number of piperidine rings is 1. The van der Waals surface area contributed by atoms with Crippen molar-refractivity contribution in [2.24, 2.45) is 0 Å². The minimum absolute atomic E-state index is 0.165. The summed E-state index contributed by atoms with van der Waals surface area (Å²) >= 11 is 5.23. The molecule has 1 aliphatic heterocycles. The molecule has 0 unspecified atom stereocenters. The van der Waals surface area contributed by atoms with Crippen LogP contribution in [0, 0.1) is 0 Å². The van der Waals surface area contributed by atoms with E-state index in [1.165, 1.54) is 25.9 Å². The van der Waals surface area contributed by atoms with E-state index in [4.69, 9.17) is 17.0 Å². The number of likely N-dealkylation sites (tertiary alicyclic amines) is 1. The molecule has 0 atom stereocenters. The molecule has 2 N–H and O–H groups in total. The van der Waals surface area contributed by atoms with Crippen LogP contribution in [0.15, 0.2) is 12.4 Å². The van der Waals surface area contributed by atoms with Gasteiger partial charge in [-0.3, -0.25) is 20.6 Å². The molecule has 0 spiro atoms. The predicted octanol–water partition coefficient (Wildman–Crippen LogP) is 0.490. The molecule has 0 saturated carbocycles. The number of aromatic nitrogens is 2. The number of nitrogens with zero attached hydrogens (tertiary/aromatic N) is 3. The first kappa shape index (κ1) is 14.4. The lowest BCUT2D eigenvalue weighted by Crippen LogP contribution is -2.50. The molecule has 1 fully saturated rings. The van der Waals surface area contributed by atoms with E-state index >= 15 is 0 Å². The van der Waals surface area contributed by atoms with Crippen LogP contribution in [-0.2, 0) is 0 Å². The zero-order chi connectivity index (χ0) is 14.4. The van der Waals surface area contributed by atoms with Crippen LogP contribution >= 0.6 is 12.2 Å². The SMILES string of the molecule is COc1cncc(C(=O)NNC(=S)N2CCCCC2)n1. The quantitative estimate of drug-likeness (QED) is 0.607. The van der Waals surface area contributed by atoms with E-state index in [-0.39, 0.29) is 11.6 Å². The predicted molar refractivity (Wildman–Crippen MR) is 77.2 cm³/mol. The molecule has 7 nitrogen and oxygen atoms in total.